The predicted molar refractivity (Wildman–Crippen MR) is 7.13 cm³/mol. The summed E-state index contributed by atoms with van der Waals surface area (Å²) in [7, 11) is 0. The topological polar surface area (TPSA) is 80.3 Å². The molecule has 0 aromatic carbocycles. The molecule has 0 aliphatic heterocycles. The standard InChI is InChI=1S/Ba.La.Mn.4O/q+2;+3;;;;2*-1. The van der Waals surface area contributed by atoms with Gasteiger partial charge in [0, 0.05) is 0 Å². The van der Waals surface area contributed by atoms with Crippen molar-refractivity contribution in [1.82, 2.24) is 0 Å². The van der Waals surface area contributed by atoms with Crippen molar-refractivity contribution in [3.05, 3.63) is 0 Å². The summed E-state index contributed by atoms with van der Waals surface area (Å²) in [6.45, 7) is 0. The van der Waals surface area contributed by atoms with Crippen molar-refractivity contribution in [2.24, 2.45) is 0 Å². The van der Waals surface area contributed by atoms with Crippen LogP contribution in [0.1, 0.15) is 0 Å². The van der Waals surface area contributed by atoms with Crippen molar-refractivity contribution in [3.8, 4) is 0 Å². The second kappa shape index (κ2) is 6.92. The maximum atomic E-state index is 8.58. The van der Waals surface area contributed by atoms with Gasteiger partial charge < -0.3 is 0 Å². The molecular formula is BaLaMnO4+3. The third-order valence-corrected chi connectivity index (χ3v) is 0. The van der Waals surface area contributed by atoms with E-state index in [0.717, 1.165) is 0 Å². The first-order valence-corrected chi connectivity index (χ1v) is 2.54. The summed E-state index contributed by atoms with van der Waals surface area (Å²) in [5.41, 5.74) is 0. The zero-order valence-corrected chi connectivity index (χ0v) is 12.5. The van der Waals surface area contributed by atoms with Crippen molar-refractivity contribution >= 4 is 48.9 Å². The van der Waals surface area contributed by atoms with Gasteiger partial charge in [0.25, 0.3) is 0 Å². The normalized spacial score (nSPS) is 8.29. The molecule has 0 aliphatic carbocycles. The van der Waals surface area contributed by atoms with Gasteiger partial charge in [0.05, 0.1) is 0 Å². The molecule has 0 aromatic heterocycles. The third kappa shape index (κ3) is 51.8. The molecule has 0 fully saturated rings. The van der Waals surface area contributed by atoms with Gasteiger partial charge in [0.15, 0.2) is 0 Å². The van der Waals surface area contributed by atoms with Crippen LogP contribution in [-0.4, -0.2) is 48.9 Å². The van der Waals surface area contributed by atoms with Gasteiger partial charge in [-0.05, 0) is 0 Å². The number of rotatable bonds is 0. The first-order chi connectivity index (χ1) is 2.00. The average molecular weight is 395 g/mol. The van der Waals surface area contributed by atoms with Gasteiger partial charge in [0.2, 0.25) is 0 Å². The summed E-state index contributed by atoms with van der Waals surface area (Å²) in [5.74, 6) is 0. The quantitative estimate of drug-likeness (QED) is 0.410. The molecule has 33 valence electrons. The molecule has 7 heteroatoms. The van der Waals surface area contributed by atoms with Crippen molar-refractivity contribution in [2.45, 2.75) is 0 Å². The Balaban J connectivity index is -0.0000000800. The van der Waals surface area contributed by atoms with Gasteiger partial charge in [-0.3, -0.25) is 0 Å². The van der Waals surface area contributed by atoms with Crippen molar-refractivity contribution in [2.75, 3.05) is 0 Å². The molecule has 4 nitrogen and oxygen atoms in total. The Bertz CT molecular complexity index is 94.9. The van der Waals surface area contributed by atoms with Gasteiger partial charge in [-0.15, -0.1) is 0 Å². The van der Waals surface area contributed by atoms with E-state index in [4.69, 9.17) is 16.0 Å². The van der Waals surface area contributed by atoms with E-state index in [9.17, 15) is 0 Å². The number of hydrogen-bond donors (Lipinski definition) is 0. The molecule has 0 unspecified atom stereocenters. The molecular weight excluding hydrogens is 395 g/mol. The molecule has 0 N–H and O–H groups in total. The first kappa shape index (κ1) is 16.4. The summed E-state index contributed by atoms with van der Waals surface area (Å²) in [6, 6.07) is 0. The van der Waals surface area contributed by atoms with E-state index in [0.29, 0.717) is 0 Å². The van der Waals surface area contributed by atoms with Gasteiger partial charge in [0.1, 0.15) is 0 Å². The molecule has 0 bridgehead atoms. The van der Waals surface area contributed by atoms with Gasteiger partial charge in [-0.25, -0.2) is 0 Å². The fourth-order valence-corrected chi connectivity index (χ4v) is 0. The zero-order chi connectivity index (χ0) is 4.50. The van der Waals surface area contributed by atoms with Crippen LogP contribution in [0.15, 0.2) is 0 Å². The van der Waals surface area contributed by atoms with Crippen molar-refractivity contribution in [1.29, 1.82) is 0 Å². The second-order valence-corrected chi connectivity index (χ2v) is 1.56. The minimum atomic E-state index is -5.62. The van der Waals surface area contributed by atoms with E-state index in [-0.39, 0.29) is 84.5 Å². The molecule has 0 amide bonds. The van der Waals surface area contributed by atoms with E-state index in [2.05, 4.69) is 0 Å². The molecule has 0 saturated carbocycles. The molecule has 0 radical (unpaired) electrons. The monoisotopic (exact) mass is 396 g/mol. The van der Waals surface area contributed by atoms with Crippen LogP contribution in [0.4, 0.5) is 0 Å². The molecule has 7 heavy (non-hydrogen) atoms. The Labute approximate surface area is 111 Å². The molecule has 0 aliphatic rings. The minimum absolute atomic E-state index is 0. The van der Waals surface area contributed by atoms with Crippen LogP contribution in [0.25, 0.3) is 0 Å². The van der Waals surface area contributed by atoms with E-state index in [1.807, 2.05) is 0 Å². The summed E-state index contributed by atoms with van der Waals surface area (Å²) in [5, 5.41) is 0. The van der Waals surface area contributed by atoms with Crippen LogP contribution < -0.4 is 8.38 Å². The molecule has 0 spiro atoms. The Hall–Kier alpha value is 2.81. The fourth-order valence-electron chi connectivity index (χ4n) is 0. The van der Waals surface area contributed by atoms with E-state index in [1.54, 1.807) is 0 Å². The Morgan fingerprint density at radius 1 is 1.14 bits per heavy atom. The van der Waals surface area contributed by atoms with Crippen molar-refractivity contribution < 1.29 is 65.0 Å². The van der Waals surface area contributed by atoms with Crippen molar-refractivity contribution in [3.63, 3.8) is 0 Å². The van der Waals surface area contributed by atoms with Crippen LogP contribution in [0.3, 0.4) is 0 Å². The average Bonchev–Trinajstić information content (AvgIpc) is 0.722. The van der Waals surface area contributed by atoms with Crippen LogP contribution in [0.2, 0.25) is 0 Å². The summed E-state index contributed by atoms with van der Waals surface area (Å²) < 4.78 is 34.3. The first-order valence-electron chi connectivity index (χ1n) is 0.617. The van der Waals surface area contributed by atoms with Crippen LogP contribution in [0.5, 0.6) is 0 Å². The summed E-state index contributed by atoms with van der Waals surface area (Å²) in [6.07, 6.45) is 0. The van der Waals surface area contributed by atoms with Crippen LogP contribution in [-0.2, 0) is 21.0 Å². The summed E-state index contributed by atoms with van der Waals surface area (Å²) >= 11 is -5.62. The Morgan fingerprint density at radius 2 is 1.14 bits per heavy atom. The van der Waals surface area contributed by atoms with Gasteiger partial charge >= 0.3 is 114 Å². The maximum absolute atomic E-state index is 8.58. The molecule has 0 aromatic rings. The second-order valence-electron chi connectivity index (χ2n) is 0.378. The third-order valence-electron chi connectivity index (χ3n) is 0. The predicted octanol–water partition coefficient (Wildman–Crippen LogP) is -3.00. The number of hydrogen-bond acceptors (Lipinski definition) is 4. The van der Waals surface area contributed by atoms with Crippen LogP contribution in [0, 0.1) is 35.6 Å². The fraction of sp³-hybridized carbons (Fsp3) is 0. The van der Waals surface area contributed by atoms with Gasteiger partial charge in [-0.2, -0.15) is 0 Å². The Morgan fingerprint density at radius 3 is 1.14 bits per heavy atom. The van der Waals surface area contributed by atoms with E-state index >= 15 is 0 Å². The van der Waals surface area contributed by atoms with Crippen LogP contribution >= 0.6 is 0 Å². The molecule has 0 rings (SSSR count). The van der Waals surface area contributed by atoms with E-state index < -0.39 is 13.4 Å². The SMILES string of the molecule is [Ba+2].[La+3].[O]=[Mn](=[O])([O-])[O-]. The Kier molecular flexibility index (Phi) is 16.2. The van der Waals surface area contributed by atoms with Gasteiger partial charge in [-0.1, -0.05) is 0 Å². The van der Waals surface area contributed by atoms with E-state index in [1.165, 1.54) is 0 Å². The molecule has 0 heterocycles. The molecule has 0 saturated heterocycles. The zero-order valence-electron chi connectivity index (χ0n) is 3.30. The molecule has 0 atom stereocenters. The summed E-state index contributed by atoms with van der Waals surface area (Å²) in [4.78, 5) is 0.